The van der Waals surface area contributed by atoms with E-state index in [1.165, 1.54) is 6.20 Å². The van der Waals surface area contributed by atoms with E-state index in [0.717, 1.165) is 11.3 Å². The number of amides is 1. The van der Waals surface area contributed by atoms with Gasteiger partial charge in [-0.1, -0.05) is 23.2 Å². The van der Waals surface area contributed by atoms with Crippen LogP contribution in [0, 0.1) is 13.8 Å². The number of carbonyl (C=O) groups is 1. The van der Waals surface area contributed by atoms with Crippen molar-refractivity contribution >= 4 is 56.6 Å². The number of halogens is 2. The van der Waals surface area contributed by atoms with Crippen LogP contribution in [0.1, 0.15) is 21.6 Å². The molecular weight excluding hydrogens is 397 g/mol. The van der Waals surface area contributed by atoms with Crippen molar-refractivity contribution in [2.24, 2.45) is 0 Å². The highest BCUT2D eigenvalue weighted by atomic mass is 35.5. The number of hydrogen-bond donors (Lipinski definition) is 2. The van der Waals surface area contributed by atoms with E-state index in [-0.39, 0.29) is 11.0 Å². The van der Waals surface area contributed by atoms with Gasteiger partial charge in [0.15, 0.2) is 0 Å². The SMILES string of the molecule is Cc1cc(NC(=O)c2c[nH]c3c(C)c(Cl)ccc3c2=O)c2cc(Cl)ccc2n1. The first kappa shape index (κ1) is 18.5. The molecule has 140 valence electrons. The van der Waals surface area contributed by atoms with Gasteiger partial charge in [0.25, 0.3) is 5.91 Å². The molecule has 7 heteroatoms. The second-order valence-corrected chi connectivity index (χ2v) is 7.40. The van der Waals surface area contributed by atoms with Gasteiger partial charge in [-0.15, -0.1) is 0 Å². The van der Waals surface area contributed by atoms with E-state index in [4.69, 9.17) is 23.2 Å². The Bertz CT molecular complexity index is 1330. The first-order valence-electron chi connectivity index (χ1n) is 8.54. The molecule has 0 aliphatic carbocycles. The highest BCUT2D eigenvalue weighted by molar-refractivity contribution is 6.32. The Morgan fingerprint density at radius 3 is 2.64 bits per heavy atom. The summed E-state index contributed by atoms with van der Waals surface area (Å²) in [6, 6.07) is 10.3. The van der Waals surface area contributed by atoms with Crippen molar-refractivity contribution in [3.63, 3.8) is 0 Å². The maximum absolute atomic E-state index is 12.9. The summed E-state index contributed by atoms with van der Waals surface area (Å²) in [7, 11) is 0. The van der Waals surface area contributed by atoms with Crippen molar-refractivity contribution in [3.05, 3.63) is 79.7 Å². The predicted octanol–water partition coefficient (Wildman–Crippen LogP) is 5.25. The zero-order valence-corrected chi connectivity index (χ0v) is 16.6. The third kappa shape index (κ3) is 3.13. The van der Waals surface area contributed by atoms with E-state index >= 15 is 0 Å². The van der Waals surface area contributed by atoms with Crippen molar-refractivity contribution in [2.75, 3.05) is 5.32 Å². The molecule has 0 bridgehead atoms. The Hall–Kier alpha value is -2.89. The molecule has 4 aromatic rings. The maximum Gasteiger partial charge on any atom is 0.261 e. The minimum atomic E-state index is -0.511. The number of benzene rings is 2. The molecule has 4 rings (SSSR count). The molecule has 5 nitrogen and oxygen atoms in total. The van der Waals surface area contributed by atoms with Gasteiger partial charge in [0, 0.05) is 32.7 Å². The monoisotopic (exact) mass is 411 g/mol. The molecule has 1 amide bonds. The molecule has 0 radical (unpaired) electrons. The summed E-state index contributed by atoms with van der Waals surface area (Å²) in [5.74, 6) is -0.511. The lowest BCUT2D eigenvalue weighted by Gasteiger charge is -2.11. The topological polar surface area (TPSA) is 74.8 Å². The number of aromatic amines is 1. The second-order valence-electron chi connectivity index (χ2n) is 6.55. The number of aromatic nitrogens is 2. The van der Waals surface area contributed by atoms with Crippen LogP contribution in [0.15, 0.2) is 47.4 Å². The number of fused-ring (bicyclic) bond motifs is 2. The van der Waals surface area contributed by atoms with Crippen molar-refractivity contribution in [1.82, 2.24) is 9.97 Å². The molecule has 0 fully saturated rings. The Balaban J connectivity index is 1.81. The van der Waals surface area contributed by atoms with Gasteiger partial charge in [0.2, 0.25) is 5.43 Å². The van der Waals surface area contributed by atoms with Crippen LogP contribution in [0.2, 0.25) is 10.0 Å². The summed E-state index contributed by atoms with van der Waals surface area (Å²) in [6.45, 7) is 3.65. The van der Waals surface area contributed by atoms with Crippen LogP contribution in [-0.2, 0) is 0 Å². The molecule has 2 aromatic heterocycles. The summed E-state index contributed by atoms with van der Waals surface area (Å²) >= 11 is 12.2. The summed E-state index contributed by atoms with van der Waals surface area (Å²) in [6.07, 6.45) is 1.41. The van der Waals surface area contributed by atoms with E-state index in [1.54, 1.807) is 36.4 Å². The van der Waals surface area contributed by atoms with Crippen LogP contribution in [0.25, 0.3) is 21.8 Å². The smallest absolute Gasteiger partial charge is 0.261 e. The van der Waals surface area contributed by atoms with Gasteiger partial charge < -0.3 is 10.3 Å². The Labute approximate surface area is 170 Å². The quantitative estimate of drug-likeness (QED) is 0.472. The summed E-state index contributed by atoms with van der Waals surface area (Å²) < 4.78 is 0. The Morgan fingerprint density at radius 1 is 1.07 bits per heavy atom. The zero-order valence-electron chi connectivity index (χ0n) is 15.1. The Morgan fingerprint density at radius 2 is 1.86 bits per heavy atom. The van der Waals surface area contributed by atoms with Crippen molar-refractivity contribution in [1.29, 1.82) is 0 Å². The number of pyridine rings is 2. The second kappa shape index (κ2) is 6.93. The summed E-state index contributed by atoms with van der Waals surface area (Å²) in [5.41, 5.74) is 3.01. The maximum atomic E-state index is 12.9. The number of rotatable bonds is 2. The van der Waals surface area contributed by atoms with Crippen LogP contribution < -0.4 is 10.7 Å². The number of nitrogens with one attached hydrogen (secondary N) is 2. The molecule has 0 aliphatic heterocycles. The molecule has 2 heterocycles. The summed E-state index contributed by atoms with van der Waals surface area (Å²) in [4.78, 5) is 33.2. The van der Waals surface area contributed by atoms with Gasteiger partial charge in [-0.05, 0) is 55.8 Å². The number of anilines is 1. The minimum Gasteiger partial charge on any atom is -0.360 e. The average molecular weight is 412 g/mol. The normalized spacial score (nSPS) is 11.1. The van der Waals surface area contributed by atoms with E-state index in [2.05, 4.69) is 15.3 Å². The van der Waals surface area contributed by atoms with Crippen LogP contribution in [0.4, 0.5) is 5.69 Å². The molecule has 0 saturated heterocycles. The molecule has 28 heavy (non-hydrogen) atoms. The lowest BCUT2D eigenvalue weighted by molar-refractivity contribution is 0.102. The lowest BCUT2D eigenvalue weighted by Crippen LogP contribution is -2.22. The minimum absolute atomic E-state index is 0.0128. The molecule has 0 atom stereocenters. The molecule has 0 saturated carbocycles. The fourth-order valence-electron chi connectivity index (χ4n) is 3.21. The van der Waals surface area contributed by atoms with Gasteiger partial charge in [0.05, 0.1) is 16.7 Å². The van der Waals surface area contributed by atoms with Gasteiger partial charge >= 0.3 is 0 Å². The third-order valence-electron chi connectivity index (χ3n) is 4.64. The van der Waals surface area contributed by atoms with Crippen LogP contribution in [0.5, 0.6) is 0 Å². The number of carbonyl (C=O) groups excluding carboxylic acids is 1. The first-order chi connectivity index (χ1) is 13.3. The van der Waals surface area contributed by atoms with Crippen LogP contribution in [0.3, 0.4) is 0 Å². The number of nitrogens with zero attached hydrogens (tertiary/aromatic N) is 1. The van der Waals surface area contributed by atoms with E-state index in [9.17, 15) is 9.59 Å². The lowest BCUT2D eigenvalue weighted by atomic mass is 10.1. The molecular formula is C21H15Cl2N3O2. The fraction of sp³-hybridized carbons (Fsp3) is 0.0952. The van der Waals surface area contributed by atoms with Crippen molar-refractivity contribution in [2.45, 2.75) is 13.8 Å². The van der Waals surface area contributed by atoms with Crippen molar-refractivity contribution in [3.8, 4) is 0 Å². The van der Waals surface area contributed by atoms with Gasteiger partial charge in [-0.2, -0.15) is 0 Å². The zero-order chi connectivity index (χ0) is 20.0. The summed E-state index contributed by atoms with van der Waals surface area (Å²) in [5, 5.41) is 5.01. The Kier molecular flexibility index (Phi) is 4.57. The van der Waals surface area contributed by atoms with Crippen molar-refractivity contribution < 1.29 is 4.79 Å². The van der Waals surface area contributed by atoms with Crippen LogP contribution in [-0.4, -0.2) is 15.9 Å². The predicted molar refractivity (Wildman–Crippen MR) is 114 cm³/mol. The number of aryl methyl sites for hydroxylation is 2. The largest absolute Gasteiger partial charge is 0.360 e. The van der Waals surface area contributed by atoms with E-state index in [1.807, 2.05) is 13.8 Å². The molecule has 0 spiro atoms. The average Bonchev–Trinajstić information content (AvgIpc) is 2.65. The number of hydrogen-bond acceptors (Lipinski definition) is 3. The highest BCUT2D eigenvalue weighted by Gasteiger charge is 2.16. The van der Waals surface area contributed by atoms with E-state index < -0.39 is 5.91 Å². The first-order valence-corrected chi connectivity index (χ1v) is 9.29. The molecule has 0 aliphatic rings. The van der Waals surface area contributed by atoms with Gasteiger partial charge in [-0.25, -0.2) is 0 Å². The van der Waals surface area contributed by atoms with Gasteiger partial charge in [-0.3, -0.25) is 14.6 Å². The molecule has 0 unspecified atom stereocenters. The standard InChI is InChI=1S/C21H15Cl2N3O2/c1-10-7-18(14-8-12(22)3-6-17(14)25-10)26-21(28)15-9-24-19-11(2)16(23)5-4-13(19)20(15)27/h3-9H,1-2H3,(H,24,27)(H,25,26,28). The van der Waals surface area contributed by atoms with Gasteiger partial charge in [0.1, 0.15) is 5.56 Å². The fourth-order valence-corrected chi connectivity index (χ4v) is 3.54. The number of H-pyrrole nitrogens is 1. The third-order valence-corrected chi connectivity index (χ3v) is 5.29. The van der Waals surface area contributed by atoms with E-state index in [0.29, 0.717) is 37.5 Å². The molecule has 2 N–H and O–H groups in total. The molecule has 2 aromatic carbocycles. The highest BCUT2D eigenvalue weighted by Crippen LogP contribution is 2.27. The van der Waals surface area contributed by atoms with Crippen LogP contribution >= 0.6 is 23.2 Å².